The summed E-state index contributed by atoms with van der Waals surface area (Å²) in [6.45, 7) is 4.49. The fraction of sp³-hybridized carbons (Fsp3) is 0.636. The van der Waals surface area contributed by atoms with Gasteiger partial charge >= 0.3 is 11.9 Å². The smallest absolute Gasteiger partial charge is 0.337 e. The number of aliphatic carboxylic acids is 1. The Balaban J connectivity index is 2.74. The summed E-state index contributed by atoms with van der Waals surface area (Å²) < 4.78 is 10.2. The molecule has 1 atom stereocenters. The maximum absolute atomic E-state index is 11.2. The Morgan fingerprint density at radius 3 is 2.53 bits per heavy atom. The third kappa shape index (κ3) is 4.44. The van der Waals surface area contributed by atoms with Gasteiger partial charge in [-0.25, -0.2) is 4.79 Å². The van der Waals surface area contributed by atoms with Crippen molar-refractivity contribution in [1.82, 2.24) is 0 Å². The molecule has 0 saturated heterocycles. The van der Waals surface area contributed by atoms with E-state index in [0.29, 0.717) is 0 Å². The lowest BCUT2D eigenvalue weighted by molar-refractivity contribution is -0.207. The van der Waals surface area contributed by atoms with E-state index in [4.69, 9.17) is 14.6 Å². The molecule has 0 spiro atoms. The maximum Gasteiger partial charge on any atom is 0.337 e. The van der Waals surface area contributed by atoms with Crippen LogP contribution in [0, 0.1) is 0 Å². The van der Waals surface area contributed by atoms with Crippen LogP contribution in [0.4, 0.5) is 0 Å². The van der Waals surface area contributed by atoms with E-state index in [1.165, 1.54) is 6.92 Å². The van der Waals surface area contributed by atoms with Crippen LogP contribution in [-0.4, -0.2) is 33.5 Å². The van der Waals surface area contributed by atoms with Gasteiger partial charge < -0.3 is 19.7 Å². The second kappa shape index (κ2) is 4.37. The first-order valence-electron chi connectivity index (χ1n) is 5.16. The molecule has 17 heavy (non-hydrogen) atoms. The Bertz CT molecular complexity index is 366. The number of esters is 1. The van der Waals surface area contributed by atoms with Gasteiger partial charge in [-0.1, -0.05) is 0 Å². The van der Waals surface area contributed by atoms with E-state index < -0.39 is 29.7 Å². The summed E-state index contributed by atoms with van der Waals surface area (Å²) in [4.78, 5) is 21.8. The normalized spacial score (nSPS) is 21.9. The lowest BCUT2D eigenvalue weighted by atomic mass is 9.96. The molecule has 0 unspecified atom stereocenters. The maximum atomic E-state index is 11.2. The number of cyclic esters (lactones) is 1. The zero-order valence-electron chi connectivity index (χ0n) is 10.0. The fourth-order valence-electron chi connectivity index (χ4n) is 1.62. The molecule has 0 bridgehead atoms. The molecule has 1 rings (SSSR count). The lowest BCUT2D eigenvalue weighted by Gasteiger charge is -2.33. The van der Waals surface area contributed by atoms with Crippen molar-refractivity contribution in [2.75, 3.05) is 0 Å². The van der Waals surface area contributed by atoms with Crippen molar-refractivity contribution in [1.29, 1.82) is 0 Å². The molecular weight excluding hydrogens is 228 g/mol. The molecule has 0 aromatic heterocycles. The van der Waals surface area contributed by atoms with Gasteiger partial charge in [-0.3, -0.25) is 4.79 Å². The monoisotopic (exact) mass is 244 g/mol. The lowest BCUT2D eigenvalue weighted by Crippen LogP contribution is -2.37. The van der Waals surface area contributed by atoms with Crippen molar-refractivity contribution in [3.63, 3.8) is 0 Å². The first kappa shape index (κ1) is 13.5. The van der Waals surface area contributed by atoms with Gasteiger partial charge in [-0.05, 0) is 6.92 Å². The molecule has 1 aliphatic heterocycles. The van der Waals surface area contributed by atoms with Gasteiger partial charge in [-0.15, -0.1) is 0 Å². The summed E-state index contributed by atoms with van der Waals surface area (Å²) in [7, 11) is 0. The molecule has 0 aromatic carbocycles. The standard InChI is InChI=1S/C11H16O6/c1-10(2)16-7(4-9(14)17-10)5-11(3,15)6-8(12)13/h4,15H,5-6H2,1-3H3,(H,12,13)/t11-/m1/s1. The zero-order chi connectivity index (χ0) is 13.3. The van der Waals surface area contributed by atoms with E-state index in [9.17, 15) is 14.7 Å². The number of hydrogen-bond acceptors (Lipinski definition) is 5. The SMILES string of the molecule is CC1(C)OC(=O)C=C(C[C@@](C)(O)CC(=O)O)O1. The second-order valence-electron chi connectivity index (χ2n) is 4.78. The van der Waals surface area contributed by atoms with Gasteiger partial charge in [0, 0.05) is 20.3 Å². The van der Waals surface area contributed by atoms with E-state index in [1.54, 1.807) is 13.8 Å². The highest BCUT2D eigenvalue weighted by molar-refractivity contribution is 5.83. The minimum atomic E-state index is -1.47. The van der Waals surface area contributed by atoms with Gasteiger partial charge in [0.1, 0.15) is 5.76 Å². The van der Waals surface area contributed by atoms with E-state index in [2.05, 4.69) is 0 Å². The first-order valence-corrected chi connectivity index (χ1v) is 5.16. The molecule has 6 nitrogen and oxygen atoms in total. The van der Waals surface area contributed by atoms with Crippen LogP contribution in [0.15, 0.2) is 11.8 Å². The molecule has 0 amide bonds. The molecule has 0 aromatic rings. The van der Waals surface area contributed by atoms with Crippen LogP contribution in [0.3, 0.4) is 0 Å². The number of carbonyl (C=O) groups excluding carboxylic acids is 1. The van der Waals surface area contributed by atoms with Gasteiger partial charge in [0.05, 0.1) is 18.1 Å². The predicted molar refractivity (Wildman–Crippen MR) is 56.8 cm³/mol. The highest BCUT2D eigenvalue weighted by atomic mass is 16.7. The summed E-state index contributed by atoms with van der Waals surface area (Å²) in [6, 6.07) is 0. The summed E-state index contributed by atoms with van der Waals surface area (Å²) in [5.41, 5.74) is -1.47. The van der Waals surface area contributed by atoms with Gasteiger partial charge in [-0.2, -0.15) is 0 Å². The third-order valence-electron chi connectivity index (χ3n) is 2.09. The fourth-order valence-corrected chi connectivity index (χ4v) is 1.62. The summed E-state index contributed by atoms with van der Waals surface area (Å²) in [5, 5.41) is 18.5. The van der Waals surface area contributed by atoms with Crippen molar-refractivity contribution in [2.24, 2.45) is 0 Å². The first-order chi connectivity index (χ1) is 7.60. The largest absolute Gasteiger partial charge is 0.481 e. The van der Waals surface area contributed by atoms with Crippen LogP contribution >= 0.6 is 0 Å². The third-order valence-corrected chi connectivity index (χ3v) is 2.09. The Labute approximate surface area is 98.8 Å². The topological polar surface area (TPSA) is 93.1 Å². The van der Waals surface area contributed by atoms with Crippen LogP contribution in [0.2, 0.25) is 0 Å². The molecule has 1 heterocycles. The number of carboxylic acid groups (broad SMARTS) is 1. The summed E-state index contributed by atoms with van der Waals surface area (Å²) >= 11 is 0. The van der Waals surface area contributed by atoms with E-state index >= 15 is 0 Å². The van der Waals surface area contributed by atoms with E-state index in [0.717, 1.165) is 6.08 Å². The molecule has 0 saturated carbocycles. The van der Waals surface area contributed by atoms with Crippen molar-refractivity contribution in [2.45, 2.75) is 45.0 Å². The van der Waals surface area contributed by atoms with Gasteiger partial charge in [0.15, 0.2) is 0 Å². The highest BCUT2D eigenvalue weighted by Crippen LogP contribution is 2.28. The van der Waals surface area contributed by atoms with Crippen LogP contribution in [-0.2, 0) is 19.1 Å². The summed E-state index contributed by atoms with van der Waals surface area (Å²) in [5.74, 6) is -2.56. The molecule has 0 aliphatic carbocycles. The van der Waals surface area contributed by atoms with E-state index in [-0.39, 0.29) is 12.2 Å². The number of carbonyl (C=O) groups is 2. The van der Waals surface area contributed by atoms with Crippen LogP contribution < -0.4 is 0 Å². The Morgan fingerprint density at radius 2 is 2.06 bits per heavy atom. The van der Waals surface area contributed by atoms with Crippen molar-refractivity contribution in [3.05, 3.63) is 11.8 Å². The number of rotatable bonds is 4. The number of hydrogen-bond donors (Lipinski definition) is 2. The predicted octanol–water partition coefficient (Wildman–Crippen LogP) is 0.796. The molecule has 6 heteroatoms. The van der Waals surface area contributed by atoms with Gasteiger partial charge in [0.2, 0.25) is 5.79 Å². The second-order valence-corrected chi connectivity index (χ2v) is 4.78. The molecule has 2 N–H and O–H groups in total. The van der Waals surface area contributed by atoms with Crippen LogP contribution in [0.5, 0.6) is 0 Å². The number of ether oxygens (including phenoxy) is 2. The highest BCUT2D eigenvalue weighted by Gasteiger charge is 2.34. The number of carboxylic acids is 1. The Morgan fingerprint density at radius 1 is 1.47 bits per heavy atom. The number of aliphatic hydroxyl groups is 1. The van der Waals surface area contributed by atoms with Crippen molar-refractivity contribution in [3.8, 4) is 0 Å². The van der Waals surface area contributed by atoms with Crippen molar-refractivity contribution >= 4 is 11.9 Å². The molecule has 0 radical (unpaired) electrons. The average molecular weight is 244 g/mol. The van der Waals surface area contributed by atoms with Crippen molar-refractivity contribution < 1.29 is 29.3 Å². The van der Waals surface area contributed by atoms with Crippen LogP contribution in [0.1, 0.15) is 33.6 Å². The minimum absolute atomic E-state index is 0.0577. The molecule has 0 fully saturated rings. The average Bonchev–Trinajstić information content (AvgIpc) is 1.93. The Hall–Kier alpha value is -1.56. The molecular formula is C11H16O6. The molecule has 96 valence electrons. The van der Waals surface area contributed by atoms with E-state index in [1.807, 2.05) is 0 Å². The minimum Gasteiger partial charge on any atom is -0.481 e. The quantitative estimate of drug-likeness (QED) is 0.710. The van der Waals surface area contributed by atoms with Crippen LogP contribution in [0.25, 0.3) is 0 Å². The summed E-state index contributed by atoms with van der Waals surface area (Å²) in [6.07, 6.45) is 0.628. The molecule has 1 aliphatic rings. The van der Waals surface area contributed by atoms with Gasteiger partial charge in [0.25, 0.3) is 0 Å². The Kier molecular flexibility index (Phi) is 3.47. The zero-order valence-corrected chi connectivity index (χ0v) is 10.0.